The van der Waals surface area contributed by atoms with Gasteiger partial charge in [-0.05, 0) is 69.4 Å². The van der Waals surface area contributed by atoms with Crippen LogP contribution >= 0.6 is 11.6 Å². The number of alkyl halides is 1. The van der Waals surface area contributed by atoms with Crippen molar-refractivity contribution in [2.75, 3.05) is 5.32 Å². The number of carbonyl (C=O) groups excluding carboxylic acids is 2. The second kappa shape index (κ2) is 5.07. The van der Waals surface area contributed by atoms with E-state index in [1.807, 2.05) is 12.1 Å². The number of amides is 1. The van der Waals surface area contributed by atoms with Gasteiger partial charge in [-0.1, -0.05) is 12.1 Å². The van der Waals surface area contributed by atoms with Crippen LogP contribution in [-0.4, -0.2) is 16.6 Å². The summed E-state index contributed by atoms with van der Waals surface area (Å²) >= 11 is 6.81. The van der Waals surface area contributed by atoms with Crippen molar-refractivity contribution in [2.45, 2.75) is 50.3 Å². The van der Waals surface area contributed by atoms with Crippen molar-refractivity contribution in [2.24, 2.45) is 17.3 Å². The van der Waals surface area contributed by atoms with Crippen LogP contribution in [0.2, 0.25) is 0 Å². The minimum atomic E-state index is -0.307. The van der Waals surface area contributed by atoms with Crippen molar-refractivity contribution in [1.82, 2.24) is 0 Å². The monoisotopic (exact) mass is 331 g/mol. The molecule has 3 nitrogen and oxygen atoms in total. The molecule has 4 atom stereocenters. The van der Waals surface area contributed by atoms with Crippen molar-refractivity contribution in [3.8, 4) is 0 Å². The minimum absolute atomic E-state index is 0.00983. The van der Waals surface area contributed by atoms with Crippen LogP contribution < -0.4 is 5.32 Å². The molecule has 0 aromatic heterocycles. The van der Waals surface area contributed by atoms with E-state index in [4.69, 9.17) is 11.6 Å². The van der Waals surface area contributed by atoms with E-state index in [1.54, 1.807) is 12.1 Å². The van der Waals surface area contributed by atoms with Gasteiger partial charge in [0.2, 0.25) is 5.91 Å². The first-order chi connectivity index (χ1) is 10.9. The van der Waals surface area contributed by atoms with Gasteiger partial charge in [-0.25, -0.2) is 0 Å². The molecule has 1 aromatic carbocycles. The fourth-order valence-electron chi connectivity index (χ4n) is 5.50. The fourth-order valence-corrected chi connectivity index (χ4v) is 6.19. The lowest BCUT2D eigenvalue weighted by Crippen LogP contribution is -2.57. The van der Waals surface area contributed by atoms with E-state index in [0.29, 0.717) is 23.1 Å². The number of halogens is 1. The fraction of sp³-hybridized carbons (Fsp3) is 0.579. The number of anilines is 1. The van der Waals surface area contributed by atoms with E-state index in [0.717, 1.165) is 32.1 Å². The third-order valence-corrected chi connectivity index (χ3v) is 6.44. The average molecular weight is 332 g/mol. The Morgan fingerprint density at radius 2 is 1.87 bits per heavy atom. The molecule has 4 aliphatic rings. The minimum Gasteiger partial charge on any atom is -0.326 e. The molecule has 0 heterocycles. The average Bonchev–Trinajstić information content (AvgIpc) is 2.44. The molecule has 1 N–H and O–H groups in total. The van der Waals surface area contributed by atoms with Crippen molar-refractivity contribution < 1.29 is 9.59 Å². The summed E-state index contributed by atoms with van der Waals surface area (Å²) in [7, 11) is 0. The van der Waals surface area contributed by atoms with Crippen molar-refractivity contribution in [3.05, 3.63) is 29.8 Å². The number of nitrogens with one attached hydrogen (secondary N) is 1. The highest BCUT2D eigenvalue weighted by atomic mass is 35.5. The second-order valence-electron chi connectivity index (χ2n) is 7.98. The molecule has 0 saturated heterocycles. The van der Waals surface area contributed by atoms with E-state index in [-0.39, 0.29) is 22.0 Å². The normalized spacial score (nSPS) is 37.7. The largest absolute Gasteiger partial charge is 0.326 e. The van der Waals surface area contributed by atoms with Gasteiger partial charge in [0.25, 0.3) is 0 Å². The molecule has 5 rings (SSSR count). The molecule has 4 saturated carbocycles. The van der Waals surface area contributed by atoms with E-state index >= 15 is 0 Å². The zero-order valence-electron chi connectivity index (χ0n) is 13.4. The first kappa shape index (κ1) is 15.2. The summed E-state index contributed by atoms with van der Waals surface area (Å²) in [4.78, 5) is 24.4. The van der Waals surface area contributed by atoms with Crippen LogP contribution in [0.25, 0.3) is 0 Å². The van der Waals surface area contributed by atoms with Gasteiger partial charge in [-0.15, -0.1) is 11.6 Å². The first-order valence-corrected chi connectivity index (χ1v) is 8.87. The number of carbonyl (C=O) groups is 2. The smallest absolute Gasteiger partial charge is 0.230 e. The van der Waals surface area contributed by atoms with Crippen LogP contribution in [0.15, 0.2) is 24.3 Å². The first-order valence-electron chi connectivity index (χ1n) is 8.49. The molecular weight excluding hydrogens is 310 g/mol. The van der Waals surface area contributed by atoms with Crippen LogP contribution in [0.1, 0.15) is 55.8 Å². The lowest BCUT2D eigenvalue weighted by molar-refractivity contribution is -0.138. The third-order valence-electron chi connectivity index (χ3n) is 6.00. The molecule has 0 radical (unpaired) electrons. The number of hydrogen-bond donors (Lipinski definition) is 1. The number of ketones is 1. The summed E-state index contributed by atoms with van der Waals surface area (Å²) in [5, 5.41) is 3.06. The number of benzene rings is 1. The Morgan fingerprint density at radius 1 is 1.17 bits per heavy atom. The second-order valence-corrected chi connectivity index (χ2v) is 8.79. The third kappa shape index (κ3) is 2.59. The van der Waals surface area contributed by atoms with E-state index in [1.165, 1.54) is 13.3 Å². The van der Waals surface area contributed by atoms with Gasteiger partial charge >= 0.3 is 0 Å². The maximum atomic E-state index is 13.0. The molecule has 23 heavy (non-hydrogen) atoms. The predicted octanol–water partition coefficient (Wildman–Crippen LogP) is 4.41. The van der Waals surface area contributed by atoms with Gasteiger partial charge in [0.05, 0.1) is 5.41 Å². The van der Waals surface area contributed by atoms with Gasteiger partial charge in [0, 0.05) is 16.1 Å². The summed E-state index contributed by atoms with van der Waals surface area (Å²) in [6.07, 6.45) is 6.11. The summed E-state index contributed by atoms with van der Waals surface area (Å²) < 4.78 is 0. The van der Waals surface area contributed by atoms with Crippen LogP contribution in [0.5, 0.6) is 0 Å². The standard InChI is InChI=1S/C19H22ClNO2/c1-12(22)15-3-2-4-16(6-15)21-17(23)18-7-13-5-14(8-18)10-19(20,9-13)11-18/h2-4,6,13-14H,5,7-11H2,1H3,(H,21,23)/t13-,14+,18?,19?. The van der Waals surface area contributed by atoms with Gasteiger partial charge in [0.1, 0.15) is 0 Å². The van der Waals surface area contributed by atoms with Gasteiger partial charge < -0.3 is 5.32 Å². The summed E-state index contributed by atoms with van der Waals surface area (Å²) in [6, 6.07) is 7.20. The van der Waals surface area contributed by atoms with Crippen molar-refractivity contribution in [3.63, 3.8) is 0 Å². The molecule has 122 valence electrons. The zero-order valence-corrected chi connectivity index (χ0v) is 14.2. The van der Waals surface area contributed by atoms with E-state index in [2.05, 4.69) is 5.32 Å². The Kier molecular flexibility index (Phi) is 3.35. The molecule has 0 spiro atoms. The Morgan fingerprint density at radius 3 is 2.48 bits per heavy atom. The van der Waals surface area contributed by atoms with E-state index in [9.17, 15) is 9.59 Å². The molecule has 4 fully saturated rings. The zero-order chi connectivity index (χ0) is 16.2. The molecule has 2 unspecified atom stereocenters. The summed E-state index contributed by atoms with van der Waals surface area (Å²) in [6.45, 7) is 1.54. The molecule has 4 bridgehead atoms. The van der Waals surface area contributed by atoms with Gasteiger partial charge in [0.15, 0.2) is 5.78 Å². The van der Waals surface area contributed by atoms with Crippen molar-refractivity contribution in [1.29, 1.82) is 0 Å². The molecule has 1 aromatic rings. The van der Waals surface area contributed by atoms with Crippen LogP contribution in [-0.2, 0) is 4.79 Å². The van der Waals surface area contributed by atoms with Gasteiger partial charge in [-0.2, -0.15) is 0 Å². The number of Topliss-reactive ketones (excluding diaryl/α,β-unsaturated/α-hetero) is 1. The van der Waals surface area contributed by atoms with Crippen molar-refractivity contribution >= 4 is 29.0 Å². The summed E-state index contributed by atoms with van der Waals surface area (Å²) in [5.74, 6) is 1.30. The van der Waals surface area contributed by atoms with Crippen LogP contribution in [0.4, 0.5) is 5.69 Å². The quantitative estimate of drug-likeness (QED) is 0.659. The summed E-state index contributed by atoms with van der Waals surface area (Å²) in [5.41, 5.74) is 1.03. The Labute approximate surface area is 141 Å². The highest BCUT2D eigenvalue weighted by Crippen LogP contribution is 2.64. The Hall–Kier alpha value is -1.35. The van der Waals surface area contributed by atoms with Crippen LogP contribution in [0, 0.1) is 17.3 Å². The Balaban J connectivity index is 1.58. The molecule has 0 aliphatic heterocycles. The lowest BCUT2D eigenvalue weighted by Gasteiger charge is -2.59. The van der Waals surface area contributed by atoms with Crippen LogP contribution in [0.3, 0.4) is 0 Å². The van der Waals surface area contributed by atoms with E-state index < -0.39 is 0 Å². The molecule has 1 amide bonds. The highest BCUT2D eigenvalue weighted by molar-refractivity contribution is 6.24. The molecule has 4 heteroatoms. The van der Waals surface area contributed by atoms with Gasteiger partial charge in [-0.3, -0.25) is 9.59 Å². The number of hydrogen-bond acceptors (Lipinski definition) is 2. The maximum absolute atomic E-state index is 13.0. The number of rotatable bonds is 3. The Bertz CT molecular complexity index is 670. The molecular formula is C19H22ClNO2. The SMILES string of the molecule is CC(=O)c1cccc(NC(=O)C23C[C@@H]4C[C@@H](CC(Cl)(C4)C2)C3)c1. The highest BCUT2D eigenvalue weighted by Gasteiger charge is 2.60. The topological polar surface area (TPSA) is 46.2 Å². The maximum Gasteiger partial charge on any atom is 0.230 e. The lowest BCUT2D eigenvalue weighted by atomic mass is 9.49. The predicted molar refractivity (Wildman–Crippen MR) is 90.8 cm³/mol. The molecule has 4 aliphatic carbocycles.